The molecule has 1 nitrogen and oxygen atoms in total. The van der Waals surface area contributed by atoms with Gasteiger partial charge in [0.1, 0.15) is 0 Å². The Morgan fingerprint density at radius 1 is 1.36 bits per heavy atom. The lowest BCUT2D eigenvalue weighted by Gasteiger charge is -1.88. The lowest BCUT2D eigenvalue weighted by atomic mass is 10.2. The van der Waals surface area contributed by atoms with Gasteiger partial charge in [-0.05, 0) is 19.9 Å². The van der Waals surface area contributed by atoms with Crippen molar-refractivity contribution in [3.05, 3.63) is 48.2 Å². The SMILES string of the molecule is C=C(N)/C=C/C(C)=C\C=C/C. The summed E-state index contributed by atoms with van der Waals surface area (Å²) in [6, 6.07) is 0. The average molecular weight is 149 g/mol. The Kier molecular flexibility index (Phi) is 4.91. The van der Waals surface area contributed by atoms with E-state index in [0.29, 0.717) is 5.70 Å². The van der Waals surface area contributed by atoms with Crippen LogP contribution < -0.4 is 5.73 Å². The van der Waals surface area contributed by atoms with Gasteiger partial charge >= 0.3 is 0 Å². The summed E-state index contributed by atoms with van der Waals surface area (Å²) in [4.78, 5) is 0. The zero-order chi connectivity index (χ0) is 8.69. The normalized spacial score (nSPS) is 13.1. The maximum Gasteiger partial charge on any atom is 0.0241 e. The Hall–Kier alpha value is -1.24. The van der Waals surface area contributed by atoms with E-state index in [0.717, 1.165) is 5.57 Å². The average Bonchev–Trinajstić information content (AvgIpc) is 1.97. The predicted molar refractivity (Wildman–Crippen MR) is 51.0 cm³/mol. The maximum atomic E-state index is 5.34. The van der Waals surface area contributed by atoms with Crippen molar-refractivity contribution in [1.82, 2.24) is 0 Å². The molecule has 0 radical (unpaired) electrons. The molecule has 0 aliphatic heterocycles. The molecule has 0 saturated carbocycles. The highest BCUT2D eigenvalue weighted by atomic mass is 14.5. The molecule has 2 N–H and O–H groups in total. The first-order chi connectivity index (χ1) is 5.16. The van der Waals surface area contributed by atoms with Crippen LogP contribution in [0.4, 0.5) is 0 Å². The number of nitrogens with two attached hydrogens (primary N) is 1. The van der Waals surface area contributed by atoms with E-state index in [2.05, 4.69) is 6.58 Å². The summed E-state index contributed by atoms with van der Waals surface area (Å²) in [6.45, 7) is 7.55. The Morgan fingerprint density at radius 2 is 2.00 bits per heavy atom. The van der Waals surface area contributed by atoms with Crippen molar-refractivity contribution in [3.8, 4) is 0 Å². The Balaban J connectivity index is 4.05. The predicted octanol–water partition coefficient (Wildman–Crippen LogP) is 2.54. The summed E-state index contributed by atoms with van der Waals surface area (Å²) < 4.78 is 0. The summed E-state index contributed by atoms with van der Waals surface area (Å²) in [7, 11) is 0. The molecule has 0 amide bonds. The first-order valence-corrected chi connectivity index (χ1v) is 3.59. The summed E-state index contributed by atoms with van der Waals surface area (Å²) in [5, 5.41) is 0. The van der Waals surface area contributed by atoms with Gasteiger partial charge in [-0.25, -0.2) is 0 Å². The Labute approximate surface area is 68.6 Å². The van der Waals surface area contributed by atoms with Crippen LogP contribution in [0.3, 0.4) is 0 Å². The molecule has 1 heteroatoms. The minimum Gasteiger partial charge on any atom is -0.399 e. The highest BCUT2D eigenvalue weighted by molar-refractivity contribution is 5.26. The van der Waals surface area contributed by atoms with E-state index in [1.54, 1.807) is 6.08 Å². The van der Waals surface area contributed by atoms with Gasteiger partial charge in [0.05, 0.1) is 0 Å². The van der Waals surface area contributed by atoms with Crippen LogP contribution in [-0.2, 0) is 0 Å². The molecule has 0 spiro atoms. The zero-order valence-electron chi connectivity index (χ0n) is 7.17. The number of rotatable bonds is 3. The molecule has 0 aromatic rings. The van der Waals surface area contributed by atoms with E-state index < -0.39 is 0 Å². The van der Waals surface area contributed by atoms with Gasteiger partial charge in [-0.3, -0.25) is 0 Å². The first kappa shape index (κ1) is 9.76. The van der Waals surface area contributed by atoms with Crippen molar-refractivity contribution < 1.29 is 0 Å². The fourth-order valence-electron chi connectivity index (χ4n) is 0.542. The molecule has 0 aromatic heterocycles. The Bertz CT molecular complexity index is 207. The van der Waals surface area contributed by atoms with E-state index in [9.17, 15) is 0 Å². The van der Waals surface area contributed by atoms with E-state index in [4.69, 9.17) is 5.73 Å². The van der Waals surface area contributed by atoms with E-state index in [1.807, 2.05) is 38.2 Å². The van der Waals surface area contributed by atoms with Crippen molar-refractivity contribution in [2.45, 2.75) is 13.8 Å². The molecule has 0 aromatic carbocycles. The van der Waals surface area contributed by atoms with Crippen molar-refractivity contribution in [1.29, 1.82) is 0 Å². The molecule has 0 aliphatic rings. The number of hydrogen-bond donors (Lipinski definition) is 1. The molecule has 0 fully saturated rings. The zero-order valence-corrected chi connectivity index (χ0v) is 7.17. The Morgan fingerprint density at radius 3 is 2.45 bits per heavy atom. The fraction of sp³-hybridized carbons (Fsp3) is 0.200. The monoisotopic (exact) mass is 149 g/mol. The maximum absolute atomic E-state index is 5.34. The van der Waals surface area contributed by atoms with E-state index in [1.165, 1.54) is 0 Å². The van der Waals surface area contributed by atoms with Gasteiger partial charge in [0, 0.05) is 5.70 Å². The van der Waals surface area contributed by atoms with Crippen molar-refractivity contribution in [2.75, 3.05) is 0 Å². The standard InChI is InChI=1S/C10H15N/c1-4-5-6-9(2)7-8-10(3)11/h4-8H,3,11H2,1-2H3/b5-4-,8-7+,9-6-. The van der Waals surface area contributed by atoms with Crippen LogP contribution in [0, 0.1) is 0 Å². The smallest absolute Gasteiger partial charge is 0.0241 e. The first-order valence-electron chi connectivity index (χ1n) is 3.59. The summed E-state index contributed by atoms with van der Waals surface area (Å²) in [5.74, 6) is 0. The number of allylic oxidation sites excluding steroid dienone is 6. The topological polar surface area (TPSA) is 26.0 Å². The minimum atomic E-state index is 0.582. The molecule has 0 heterocycles. The van der Waals surface area contributed by atoms with Gasteiger partial charge in [-0.15, -0.1) is 0 Å². The van der Waals surface area contributed by atoms with Gasteiger partial charge in [0.2, 0.25) is 0 Å². The largest absolute Gasteiger partial charge is 0.399 e. The second-order valence-corrected chi connectivity index (χ2v) is 2.34. The third-order valence-corrected chi connectivity index (χ3v) is 1.11. The molecule has 0 bridgehead atoms. The van der Waals surface area contributed by atoms with E-state index >= 15 is 0 Å². The molecule has 0 saturated heterocycles. The molecule has 0 rings (SSSR count). The van der Waals surface area contributed by atoms with Crippen LogP contribution in [0.5, 0.6) is 0 Å². The molecular formula is C10H15N. The molecule has 0 unspecified atom stereocenters. The second kappa shape index (κ2) is 5.54. The lowest BCUT2D eigenvalue weighted by Crippen LogP contribution is -1.88. The van der Waals surface area contributed by atoms with Gasteiger partial charge in [0.15, 0.2) is 0 Å². The molecule has 60 valence electrons. The van der Waals surface area contributed by atoms with Crippen LogP contribution in [-0.4, -0.2) is 0 Å². The minimum absolute atomic E-state index is 0.582. The van der Waals surface area contributed by atoms with Crippen LogP contribution >= 0.6 is 0 Å². The number of hydrogen-bond acceptors (Lipinski definition) is 1. The second-order valence-electron chi connectivity index (χ2n) is 2.34. The highest BCUT2D eigenvalue weighted by Gasteiger charge is 1.77. The molecule has 11 heavy (non-hydrogen) atoms. The van der Waals surface area contributed by atoms with Crippen molar-refractivity contribution in [2.24, 2.45) is 5.73 Å². The van der Waals surface area contributed by atoms with Gasteiger partial charge in [-0.1, -0.05) is 36.5 Å². The quantitative estimate of drug-likeness (QED) is 0.613. The lowest BCUT2D eigenvalue weighted by molar-refractivity contribution is 1.42. The molecular weight excluding hydrogens is 134 g/mol. The van der Waals surface area contributed by atoms with Crippen LogP contribution in [0.25, 0.3) is 0 Å². The molecule has 0 aliphatic carbocycles. The summed E-state index contributed by atoms with van der Waals surface area (Å²) in [5.41, 5.74) is 7.09. The third-order valence-electron chi connectivity index (χ3n) is 1.11. The van der Waals surface area contributed by atoms with Crippen molar-refractivity contribution >= 4 is 0 Å². The third kappa shape index (κ3) is 6.65. The van der Waals surface area contributed by atoms with E-state index in [-0.39, 0.29) is 0 Å². The molecule has 0 atom stereocenters. The van der Waals surface area contributed by atoms with Gasteiger partial charge in [0.25, 0.3) is 0 Å². The summed E-state index contributed by atoms with van der Waals surface area (Å²) >= 11 is 0. The van der Waals surface area contributed by atoms with Crippen LogP contribution in [0.2, 0.25) is 0 Å². The highest BCUT2D eigenvalue weighted by Crippen LogP contribution is 1.96. The van der Waals surface area contributed by atoms with Gasteiger partial charge in [-0.2, -0.15) is 0 Å². The van der Waals surface area contributed by atoms with Crippen molar-refractivity contribution in [3.63, 3.8) is 0 Å². The van der Waals surface area contributed by atoms with Gasteiger partial charge < -0.3 is 5.73 Å². The van der Waals surface area contributed by atoms with Crippen LogP contribution in [0.1, 0.15) is 13.8 Å². The summed E-state index contributed by atoms with van der Waals surface area (Å²) in [6.07, 6.45) is 9.70. The van der Waals surface area contributed by atoms with Crippen LogP contribution in [0.15, 0.2) is 48.2 Å². The fourth-order valence-corrected chi connectivity index (χ4v) is 0.542.